The first-order valence-corrected chi connectivity index (χ1v) is 7.51. The van der Waals surface area contributed by atoms with Crippen LogP contribution in [0.15, 0.2) is 40.5 Å². The molecule has 0 radical (unpaired) electrons. The number of para-hydroxylation sites is 1. The molecule has 1 aliphatic rings. The molecule has 1 aromatic carbocycles. The van der Waals surface area contributed by atoms with Gasteiger partial charge in [0.05, 0.1) is 26.9 Å². The Balaban J connectivity index is 2.73. The minimum Gasteiger partial charge on any atom is -0.496 e. The van der Waals surface area contributed by atoms with Gasteiger partial charge in [0.25, 0.3) is 0 Å². The minimum absolute atomic E-state index is 0.336. The lowest BCUT2D eigenvalue weighted by molar-refractivity contribution is -0.143. The summed E-state index contributed by atoms with van der Waals surface area (Å²) in [5, 5.41) is 0. The summed E-state index contributed by atoms with van der Waals surface area (Å²) in [7, 11) is 4.17. The van der Waals surface area contributed by atoms with Gasteiger partial charge >= 0.3 is 11.9 Å². The quantitative estimate of drug-likeness (QED) is 0.793. The summed E-state index contributed by atoms with van der Waals surface area (Å²) in [4.78, 5) is 29.2. The molecule has 2 atom stereocenters. The van der Waals surface area contributed by atoms with Crippen LogP contribution < -0.4 is 4.74 Å². The fraction of sp³-hybridized carbons (Fsp3) is 0.389. The number of hydrogen-bond donors (Lipinski definition) is 0. The molecular formula is C18H21NO5. The van der Waals surface area contributed by atoms with Crippen molar-refractivity contribution >= 4 is 17.7 Å². The largest absolute Gasteiger partial charge is 0.496 e. The first-order valence-electron chi connectivity index (χ1n) is 7.51. The number of carbonyl (C=O) groups is 2. The van der Waals surface area contributed by atoms with Gasteiger partial charge in [0.1, 0.15) is 11.7 Å². The van der Waals surface area contributed by atoms with Gasteiger partial charge in [0.2, 0.25) is 0 Å². The van der Waals surface area contributed by atoms with Crippen LogP contribution in [0.4, 0.5) is 0 Å². The highest BCUT2D eigenvalue weighted by atomic mass is 16.5. The highest BCUT2D eigenvalue weighted by Gasteiger charge is 2.43. The molecule has 1 unspecified atom stereocenters. The van der Waals surface area contributed by atoms with Crippen molar-refractivity contribution in [2.45, 2.75) is 19.8 Å². The van der Waals surface area contributed by atoms with Crippen LogP contribution in [0.3, 0.4) is 0 Å². The second kappa shape index (κ2) is 7.29. The van der Waals surface area contributed by atoms with Crippen molar-refractivity contribution in [3.8, 4) is 5.75 Å². The van der Waals surface area contributed by atoms with Crippen molar-refractivity contribution in [1.29, 1.82) is 0 Å². The Morgan fingerprint density at radius 2 is 1.71 bits per heavy atom. The molecule has 0 bridgehead atoms. The fourth-order valence-electron chi connectivity index (χ4n) is 3.10. The summed E-state index contributed by atoms with van der Waals surface area (Å²) in [5.74, 6) is -1.70. The van der Waals surface area contributed by atoms with Crippen molar-refractivity contribution in [2.75, 3.05) is 21.3 Å². The van der Waals surface area contributed by atoms with Crippen molar-refractivity contribution in [1.82, 2.24) is 0 Å². The molecule has 0 aliphatic carbocycles. The molecule has 0 spiro atoms. The molecule has 2 rings (SSSR count). The molecule has 1 aliphatic heterocycles. The average molecular weight is 331 g/mol. The maximum Gasteiger partial charge on any atom is 0.336 e. The lowest BCUT2D eigenvalue weighted by atomic mass is 9.75. The molecule has 0 N–H and O–H groups in total. The normalized spacial score (nSPS) is 20.3. The Labute approximate surface area is 141 Å². The molecule has 6 heteroatoms. The SMILES string of the molecule is COC(=O)C1=C(C)N=C(C)C(C(=O)OC)[C@@H]1c1ccccc1OC. The van der Waals surface area contributed by atoms with E-state index in [4.69, 9.17) is 14.2 Å². The Morgan fingerprint density at radius 1 is 1.04 bits per heavy atom. The highest BCUT2D eigenvalue weighted by Crippen LogP contribution is 2.43. The van der Waals surface area contributed by atoms with Gasteiger partial charge < -0.3 is 14.2 Å². The molecule has 6 nitrogen and oxygen atoms in total. The molecular weight excluding hydrogens is 310 g/mol. The summed E-state index contributed by atoms with van der Waals surface area (Å²) in [5.41, 5.74) is 2.16. The second-order valence-electron chi connectivity index (χ2n) is 5.46. The summed E-state index contributed by atoms with van der Waals surface area (Å²) in [6.07, 6.45) is 0. The van der Waals surface area contributed by atoms with Gasteiger partial charge in [-0.25, -0.2) is 4.79 Å². The summed E-state index contributed by atoms with van der Waals surface area (Å²) in [6.45, 7) is 3.48. The molecule has 0 amide bonds. The van der Waals surface area contributed by atoms with Crippen LogP contribution in [0.1, 0.15) is 25.3 Å². The molecule has 0 fully saturated rings. The number of nitrogens with zero attached hydrogens (tertiary/aromatic N) is 1. The van der Waals surface area contributed by atoms with E-state index in [-0.39, 0.29) is 0 Å². The molecule has 24 heavy (non-hydrogen) atoms. The maximum atomic E-state index is 12.4. The van der Waals surface area contributed by atoms with Crippen molar-refractivity contribution in [2.24, 2.45) is 10.9 Å². The average Bonchev–Trinajstić information content (AvgIpc) is 2.59. The third-order valence-corrected chi connectivity index (χ3v) is 4.16. The summed E-state index contributed by atoms with van der Waals surface area (Å²) >= 11 is 0. The van der Waals surface area contributed by atoms with Crippen molar-refractivity contribution in [3.63, 3.8) is 0 Å². The van der Waals surface area contributed by atoms with E-state index in [1.165, 1.54) is 14.2 Å². The first-order chi connectivity index (χ1) is 11.5. The highest BCUT2D eigenvalue weighted by molar-refractivity contribution is 6.07. The zero-order valence-corrected chi connectivity index (χ0v) is 14.5. The van der Waals surface area contributed by atoms with Crippen molar-refractivity contribution < 1.29 is 23.8 Å². The lowest BCUT2D eigenvalue weighted by Crippen LogP contribution is -2.36. The number of methoxy groups -OCH3 is 3. The van der Waals surface area contributed by atoms with Crippen LogP contribution in [0.5, 0.6) is 5.75 Å². The van der Waals surface area contributed by atoms with Gasteiger partial charge in [-0.3, -0.25) is 9.79 Å². The Kier molecular flexibility index (Phi) is 5.39. The van der Waals surface area contributed by atoms with Gasteiger partial charge in [-0.15, -0.1) is 0 Å². The number of carbonyl (C=O) groups excluding carboxylic acids is 2. The predicted molar refractivity (Wildman–Crippen MR) is 89.1 cm³/mol. The van der Waals surface area contributed by atoms with Gasteiger partial charge in [0, 0.05) is 22.9 Å². The molecule has 0 saturated carbocycles. The Bertz CT molecular complexity index is 720. The van der Waals surface area contributed by atoms with Crippen molar-refractivity contribution in [3.05, 3.63) is 41.1 Å². The van der Waals surface area contributed by atoms with Crippen LogP contribution in [0.25, 0.3) is 0 Å². The van der Waals surface area contributed by atoms with E-state index in [0.29, 0.717) is 28.3 Å². The van der Waals surface area contributed by atoms with Crippen LogP contribution >= 0.6 is 0 Å². The Morgan fingerprint density at radius 3 is 2.29 bits per heavy atom. The summed E-state index contributed by atoms with van der Waals surface area (Å²) < 4.78 is 15.3. The maximum absolute atomic E-state index is 12.4. The number of rotatable bonds is 4. The van der Waals surface area contributed by atoms with E-state index in [0.717, 1.165) is 0 Å². The van der Waals surface area contributed by atoms with Gasteiger partial charge in [-0.1, -0.05) is 18.2 Å². The Hall–Kier alpha value is -2.63. The van der Waals surface area contributed by atoms with E-state index in [1.54, 1.807) is 27.0 Å². The third-order valence-electron chi connectivity index (χ3n) is 4.16. The first kappa shape index (κ1) is 17.7. The van der Waals surface area contributed by atoms with Gasteiger partial charge in [-0.05, 0) is 19.9 Å². The molecule has 0 saturated heterocycles. The van der Waals surface area contributed by atoms with Crippen LogP contribution in [0.2, 0.25) is 0 Å². The second-order valence-corrected chi connectivity index (χ2v) is 5.46. The number of hydrogen-bond acceptors (Lipinski definition) is 6. The zero-order valence-electron chi connectivity index (χ0n) is 14.5. The van der Waals surface area contributed by atoms with Crippen LogP contribution in [-0.4, -0.2) is 39.0 Å². The molecule has 0 aromatic heterocycles. The van der Waals surface area contributed by atoms with E-state index in [2.05, 4.69) is 4.99 Å². The van der Waals surface area contributed by atoms with E-state index in [1.807, 2.05) is 18.2 Å². The number of benzene rings is 1. The van der Waals surface area contributed by atoms with Crippen LogP contribution in [0, 0.1) is 5.92 Å². The molecule has 128 valence electrons. The zero-order chi connectivity index (χ0) is 17.9. The summed E-state index contributed by atoms with van der Waals surface area (Å²) in [6, 6.07) is 7.27. The topological polar surface area (TPSA) is 74.2 Å². The smallest absolute Gasteiger partial charge is 0.336 e. The van der Waals surface area contributed by atoms with E-state index < -0.39 is 23.8 Å². The van der Waals surface area contributed by atoms with E-state index >= 15 is 0 Å². The fourth-order valence-corrected chi connectivity index (χ4v) is 3.10. The lowest BCUT2D eigenvalue weighted by Gasteiger charge is -2.31. The van der Waals surface area contributed by atoms with Crippen LogP contribution in [-0.2, 0) is 19.1 Å². The van der Waals surface area contributed by atoms with Gasteiger partial charge in [-0.2, -0.15) is 0 Å². The number of ether oxygens (including phenoxy) is 3. The number of esters is 2. The predicted octanol–water partition coefficient (Wildman–Crippen LogP) is 2.49. The minimum atomic E-state index is -0.718. The molecule has 1 heterocycles. The number of allylic oxidation sites excluding steroid dienone is 1. The monoisotopic (exact) mass is 331 g/mol. The third kappa shape index (κ3) is 3.04. The standard InChI is InChI=1S/C18H21NO5/c1-10-14(17(20)23-4)16(12-8-6-7-9-13(12)22-3)15(11(2)19-10)18(21)24-5/h6-9,14,16H,1-5H3/t14?,16-/m0/s1. The van der Waals surface area contributed by atoms with Gasteiger partial charge in [0.15, 0.2) is 0 Å². The molecule has 1 aromatic rings. The van der Waals surface area contributed by atoms with E-state index in [9.17, 15) is 9.59 Å². The number of aliphatic imine (C=N–C) groups is 1.